The highest BCUT2D eigenvalue weighted by atomic mass is 19.4. The molecule has 1 aliphatic rings. The van der Waals surface area contributed by atoms with Crippen molar-refractivity contribution in [1.29, 1.82) is 0 Å². The molecule has 34 heavy (non-hydrogen) atoms. The second kappa shape index (κ2) is 8.98. The van der Waals surface area contributed by atoms with Crippen LogP contribution in [0, 0.1) is 5.82 Å². The maximum absolute atomic E-state index is 14.1. The van der Waals surface area contributed by atoms with Crippen LogP contribution in [0.25, 0.3) is 22.3 Å². The predicted octanol–water partition coefficient (Wildman–Crippen LogP) is 3.68. The molecule has 180 valence electrons. The zero-order valence-electron chi connectivity index (χ0n) is 18.2. The molecule has 0 radical (unpaired) electrons. The van der Waals surface area contributed by atoms with Crippen LogP contribution in [0.4, 0.5) is 17.6 Å². The maximum Gasteiger partial charge on any atom is 0.423 e. The lowest BCUT2D eigenvalue weighted by Gasteiger charge is -2.28. The first-order valence-corrected chi connectivity index (χ1v) is 10.3. The van der Waals surface area contributed by atoms with E-state index in [0.717, 1.165) is 38.5 Å². The average molecular weight is 480 g/mol. The molecule has 1 aliphatic heterocycles. The van der Waals surface area contributed by atoms with Gasteiger partial charge in [0.05, 0.1) is 19.8 Å². The number of ether oxygens (including phenoxy) is 2. The molecule has 1 aromatic heterocycles. The Morgan fingerprint density at radius 3 is 2.41 bits per heavy atom. The highest BCUT2D eigenvalue weighted by Gasteiger charge is 2.40. The van der Waals surface area contributed by atoms with Gasteiger partial charge in [-0.25, -0.2) is 4.39 Å². The fraction of sp³-hybridized carbons (Fsp3) is 0.304. The molecule has 7 nitrogen and oxygen atoms in total. The number of hydrogen-bond donors (Lipinski definition) is 1. The minimum absolute atomic E-state index is 0.0322. The molecule has 0 bridgehead atoms. The van der Waals surface area contributed by atoms with Gasteiger partial charge < -0.3 is 24.1 Å². The van der Waals surface area contributed by atoms with Crippen LogP contribution in [-0.2, 0) is 6.18 Å². The number of amides is 1. The molecule has 1 amide bonds. The topological polar surface area (TPSA) is 81.0 Å². The number of hydrogen-bond acceptors (Lipinski definition) is 6. The zero-order valence-corrected chi connectivity index (χ0v) is 18.2. The Hall–Kier alpha value is -3.60. The van der Waals surface area contributed by atoms with E-state index < -0.39 is 45.8 Å². The summed E-state index contributed by atoms with van der Waals surface area (Å²) in [5.74, 6) is -2.57. The van der Waals surface area contributed by atoms with E-state index in [0.29, 0.717) is 26.2 Å². The molecule has 0 spiro atoms. The van der Waals surface area contributed by atoms with Gasteiger partial charge in [0, 0.05) is 43.9 Å². The van der Waals surface area contributed by atoms with Crippen molar-refractivity contribution < 1.29 is 36.2 Å². The third-order valence-electron chi connectivity index (χ3n) is 5.53. The van der Waals surface area contributed by atoms with Crippen molar-refractivity contribution in [2.24, 2.45) is 0 Å². The van der Waals surface area contributed by atoms with Crippen LogP contribution in [0.15, 0.2) is 39.5 Å². The number of fused-ring (bicyclic) bond motifs is 1. The minimum Gasteiger partial charge on any atom is -0.496 e. The van der Waals surface area contributed by atoms with E-state index in [2.05, 4.69) is 5.32 Å². The molecular formula is C23H20F4N2O5. The number of benzene rings is 2. The lowest BCUT2D eigenvalue weighted by Crippen LogP contribution is -2.46. The second-order valence-electron chi connectivity index (χ2n) is 7.56. The summed E-state index contributed by atoms with van der Waals surface area (Å²) in [6.07, 6.45) is -4.87. The number of methoxy groups -OCH3 is 2. The molecule has 3 aromatic rings. The number of carbonyl (C=O) groups is 1. The fourth-order valence-electron chi connectivity index (χ4n) is 3.98. The lowest BCUT2D eigenvalue weighted by molar-refractivity contribution is -0.139. The molecule has 4 rings (SSSR count). The summed E-state index contributed by atoms with van der Waals surface area (Å²) in [5, 5.41) is 2.68. The summed E-state index contributed by atoms with van der Waals surface area (Å²) in [7, 11) is 2.04. The monoisotopic (exact) mass is 480 g/mol. The van der Waals surface area contributed by atoms with E-state index in [1.54, 1.807) is 0 Å². The molecule has 2 heterocycles. The Labute approximate surface area is 190 Å². The molecule has 0 saturated carbocycles. The Balaban J connectivity index is 1.94. The Morgan fingerprint density at radius 2 is 1.79 bits per heavy atom. The number of rotatable bonds is 4. The Morgan fingerprint density at radius 1 is 1.09 bits per heavy atom. The van der Waals surface area contributed by atoms with Crippen molar-refractivity contribution in [2.75, 3.05) is 40.4 Å². The molecule has 0 atom stereocenters. The third kappa shape index (κ3) is 4.18. The van der Waals surface area contributed by atoms with Crippen molar-refractivity contribution in [3.63, 3.8) is 0 Å². The van der Waals surface area contributed by atoms with Crippen LogP contribution in [0.5, 0.6) is 11.5 Å². The second-order valence-corrected chi connectivity index (χ2v) is 7.56. The van der Waals surface area contributed by atoms with Gasteiger partial charge in [-0.1, -0.05) is 0 Å². The summed E-state index contributed by atoms with van der Waals surface area (Å²) in [5.41, 5.74) is -2.22. The molecule has 1 N–H and O–H groups in total. The maximum atomic E-state index is 14.1. The number of halogens is 4. The van der Waals surface area contributed by atoms with Gasteiger partial charge in [0.15, 0.2) is 5.43 Å². The fourth-order valence-corrected chi connectivity index (χ4v) is 3.98. The van der Waals surface area contributed by atoms with E-state index in [-0.39, 0.29) is 22.5 Å². The number of piperazine rings is 1. The van der Waals surface area contributed by atoms with Crippen LogP contribution < -0.4 is 20.2 Å². The summed E-state index contributed by atoms with van der Waals surface area (Å²) < 4.78 is 70.7. The van der Waals surface area contributed by atoms with Crippen LogP contribution in [0.3, 0.4) is 0 Å². The zero-order chi connectivity index (χ0) is 24.6. The highest BCUT2D eigenvalue weighted by molar-refractivity contribution is 6.01. The molecule has 0 unspecified atom stereocenters. The first-order valence-electron chi connectivity index (χ1n) is 10.3. The summed E-state index contributed by atoms with van der Waals surface area (Å²) in [6.45, 7) is 1.96. The highest BCUT2D eigenvalue weighted by Crippen LogP contribution is 2.46. The number of nitrogens with zero attached hydrogens (tertiary/aromatic N) is 1. The molecule has 2 aromatic carbocycles. The summed E-state index contributed by atoms with van der Waals surface area (Å²) >= 11 is 0. The average Bonchev–Trinajstić information content (AvgIpc) is 2.81. The largest absolute Gasteiger partial charge is 0.496 e. The van der Waals surface area contributed by atoms with Crippen LogP contribution >= 0.6 is 0 Å². The molecule has 1 saturated heterocycles. The Bertz CT molecular complexity index is 1310. The van der Waals surface area contributed by atoms with Crippen molar-refractivity contribution in [3.05, 3.63) is 57.5 Å². The lowest BCUT2D eigenvalue weighted by atomic mass is 10.0. The van der Waals surface area contributed by atoms with Crippen LogP contribution in [0.1, 0.15) is 15.9 Å². The van der Waals surface area contributed by atoms with Gasteiger partial charge in [-0.05, 0) is 18.2 Å². The normalized spacial score (nSPS) is 14.4. The van der Waals surface area contributed by atoms with Gasteiger partial charge in [-0.15, -0.1) is 0 Å². The molecule has 11 heteroatoms. The number of nitrogens with one attached hydrogen (secondary N) is 1. The van der Waals surface area contributed by atoms with Crippen molar-refractivity contribution in [2.45, 2.75) is 6.18 Å². The van der Waals surface area contributed by atoms with Gasteiger partial charge in [-0.3, -0.25) is 9.59 Å². The first-order chi connectivity index (χ1) is 16.2. The van der Waals surface area contributed by atoms with Crippen molar-refractivity contribution in [3.8, 4) is 22.8 Å². The van der Waals surface area contributed by atoms with Crippen molar-refractivity contribution in [1.82, 2.24) is 10.2 Å². The summed E-state index contributed by atoms with van der Waals surface area (Å²) in [4.78, 5) is 27.6. The van der Waals surface area contributed by atoms with Crippen molar-refractivity contribution >= 4 is 16.9 Å². The van der Waals surface area contributed by atoms with E-state index in [1.807, 2.05) is 0 Å². The van der Waals surface area contributed by atoms with Gasteiger partial charge in [-0.2, -0.15) is 13.2 Å². The predicted molar refractivity (Wildman–Crippen MR) is 115 cm³/mol. The molecule has 0 aliphatic carbocycles. The van der Waals surface area contributed by atoms with E-state index in [9.17, 15) is 27.2 Å². The SMILES string of the molecule is COc1cc2oc(-c3ccc(F)cc3C(=O)N3CCNCC3)cc(=O)c2c(OC)c1C(F)(F)F. The summed E-state index contributed by atoms with van der Waals surface area (Å²) in [6, 6.07) is 5.32. The van der Waals surface area contributed by atoms with Gasteiger partial charge in [0.25, 0.3) is 5.91 Å². The molecule has 1 fully saturated rings. The van der Waals surface area contributed by atoms with E-state index in [4.69, 9.17) is 13.9 Å². The first kappa shape index (κ1) is 23.6. The van der Waals surface area contributed by atoms with Gasteiger partial charge in [0.1, 0.15) is 39.6 Å². The number of alkyl halides is 3. The minimum atomic E-state index is -4.87. The quantitative estimate of drug-likeness (QED) is 0.574. The van der Waals surface area contributed by atoms with Gasteiger partial charge in [0.2, 0.25) is 0 Å². The third-order valence-corrected chi connectivity index (χ3v) is 5.53. The van der Waals surface area contributed by atoms with Crippen LogP contribution in [0.2, 0.25) is 0 Å². The smallest absolute Gasteiger partial charge is 0.423 e. The number of carbonyl (C=O) groups excluding carboxylic acids is 1. The standard InChI is InChI=1S/C23H20F4N2O5/c1-32-18-11-17-19(21(33-2)20(18)23(25,26)27)15(30)10-16(34-17)13-4-3-12(24)9-14(13)22(31)29-7-5-28-6-8-29/h3-4,9-11,28H,5-8H2,1-2H3. The van der Waals surface area contributed by atoms with E-state index in [1.165, 1.54) is 11.0 Å². The van der Waals surface area contributed by atoms with Crippen LogP contribution in [-0.4, -0.2) is 51.2 Å². The van der Waals surface area contributed by atoms with E-state index >= 15 is 0 Å². The van der Waals surface area contributed by atoms with Gasteiger partial charge >= 0.3 is 6.18 Å². The Kier molecular flexibility index (Phi) is 6.22. The molecular weight excluding hydrogens is 460 g/mol.